The Morgan fingerprint density at radius 1 is 1.05 bits per heavy atom. The third-order valence-corrected chi connectivity index (χ3v) is 3.28. The minimum absolute atomic E-state index is 0.00677. The first-order chi connectivity index (χ1) is 10.3. The molecule has 0 radical (unpaired) electrons. The van der Waals surface area contributed by atoms with Crippen molar-refractivity contribution in [3.05, 3.63) is 70.7 Å². The van der Waals surface area contributed by atoms with Crippen LogP contribution in [0.1, 0.15) is 17.5 Å². The van der Waals surface area contributed by atoms with Crippen molar-refractivity contribution in [1.82, 2.24) is 5.32 Å². The van der Waals surface area contributed by atoms with Crippen molar-refractivity contribution in [1.29, 1.82) is 0 Å². The van der Waals surface area contributed by atoms with Crippen LogP contribution in [0.4, 0.5) is 0 Å². The van der Waals surface area contributed by atoms with Gasteiger partial charge in [0.1, 0.15) is 0 Å². The first-order valence-corrected chi connectivity index (χ1v) is 7.17. The molecule has 0 saturated heterocycles. The molecule has 2 nitrogen and oxygen atoms in total. The second-order valence-electron chi connectivity index (χ2n) is 4.54. The van der Waals surface area contributed by atoms with E-state index in [-0.39, 0.29) is 5.91 Å². The zero-order valence-corrected chi connectivity index (χ0v) is 12.4. The summed E-state index contributed by atoms with van der Waals surface area (Å²) in [6, 6.07) is 17.3. The number of hydrogen-bond acceptors (Lipinski definition) is 1. The molecule has 3 heteroatoms. The summed E-state index contributed by atoms with van der Waals surface area (Å²) in [5.74, 6) is 5.86. The summed E-state index contributed by atoms with van der Waals surface area (Å²) in [4.78, 5) is 11.7. The van der Waals surface area contributed by atoms with Crippen LogP contribution < -0.4 is 5.32 Å². The molecule has 0 spiro atoms. The third kappa shape index (κ3) is 5.33. The maximum absolute atomic E-state index is 11.7. The molecule has 0 aliphatic heterocycles. The van der Waals surface area contributed by atoms with Gasteiger partial charge in [0.2, 0.25) is 5.91 Å². The first-order valence-electron chi connectivity index (χ1n) is 6.80. The Labute approximate surface area is 130 Å². The number of rotatable bonds is 4. The van der Waals surface area contributed by atoms with E-state index in [9.17, 15) is 4.79 Å². The van der Waals surface area contributed by atoms with Crippen LogP contribution in [0.5, 0.6) is 0 Å². The van der Waals surface area contributed by atoms with E-state index in [0.717, 1.165) is 17.5 Å². The van der Waals surface area contributed by atoms with E-state index in [4.69, 9.17) is 11.6 Å². The monoisotopic (exact) mass is 297 g/mol. The van der Waals surface area contributed by atoms with E-state index in [2.05, 4.69) is 17.2 Å². The van der Waals surface area contributed by atoms with Crippen LogP contribution in [0.15, 0.2) is 54.6 Å². The number of halogens is 1. The largest absolute Gasteiger partial charge is 0.345 e. The molecule has 0 heterocycles. The molecule has 0 fully saturated rings. The molecule has 0 unspecified atom stereocenters. The lowest BCUT2D eigenvalue weighted by atomic mass is 10.1. The van der Waals surface area contributed by atoms with Crippen molar-refractivity contribution < 1.29 is 4.79 Å². The van der Waals surface area contributed by atoms with Gasteiger partial charge in [0.05, 0.1) is 11.6 Å². The second-order valence-corrected chi connectivity index (χ2v) is 4.95. The van der Waals surface area contributed by atoms with E-state index < -0.39 is 0 Å². The topological polar surface area (TPSA) is 29.1 Å². The zero-order chi connectivity index (χ0) is 14.9. The highest BCUT2D eigenvalue weighted by molar-refractivity contribution is 6.31. The Kier molecular flexibility index (Phi) is 5.87. The summed E-state index contributed by atoms with van der Waals surface area (Å²) in [6.45, 7) is 0.332. The highest BCUT2D eigenvalue weighted by Gasteiger charge is 2.00. The van der Waals surface area contributed by atoms with Crippen LogP contribution in [0.3, 0.4) is 0 Å². The number of carbonyl (C=O) groups is 1. The Hall–Kier alpha value is -2.24. The number of carbonyl (C=O) groups excluding carboxylic acids is 1. The number of amides is 1. The summed E-state index contributed by atoms with van der Waals surface area (Å²) in [5.41, 5.74) is 1.94. The van der Waals surface area contributed by atoms with Crippen LogP contribution in [-0.4, -0.2) is 12.5 Å². The van der Waals surface area contributed by atoms with Crippen molar-refractivity contribution in [3.8, 4) is 11.8 Å². The average molecular weight is 298 g/mol. The fourth-order valence-electron chi connectivity index (χ4n) is 1.84. The number of benzene rings is 2. The predicted molar refractivity (Wildman–Crippen MR) is 86.1 cm³/mol. The van der Waals surface area contributed by atoms with Crippen LogP contribution in [0, 0.1) is 11.8 Å². The quantitative estimate of drug-likeness (QED) is 0.861. The van der Waals surface area contributed by atoms with Crippen molar-refractivity contribution in [2.75, 3.05) is 6.54 Å². The molecule has 2 aromatic carbocycles. The molecule has 0 aliphatic carbocycles. The third-order valence-electron chi connectivity index (χ3n) is 2.95. The molecule has 0 aliphatic rings. The van der Waals surface area contributed by atoms with Gasteiger partial charge in [-0.15, -0.1) is 0 Å². The zero-order valence-electron chi connectivity index (χ0n) is 11.6. The summed E-state index contributed by atoms with van der Waals surface area (Å²) >= 11 is 5.99. The summed E-state index contributed by atoms with van der Waals surface area (Å²) in [7, 11) is 0. The Bertz CT molecular complexity index is 656. The molecule has 21 heavy (non-hydrogen) atoms. The second kappa shape index (κ2) is 8.14. The van der Waals surface area contributed by atoms with E-state index in [1.165, 1.54) is 0 Å². The van der Waals surface area contributed by atoms with Gasteiger partial charge in [-0.1, -0.05) is 65.9 Å². The van der Waals surface area contributed by atoms with Gasteiger partial charge in [0.15, 0.2) is 0 Å². The summed E-state index contributed by atoms with van der Waals surface area (Å²) in [5, 5.41) is 3.41. The predicted octanol–water partition coefficient (Wildman–Crippen LogP) is 3.44. The van der Waals surface area contributed by atoms with Crippen LogP contribution >= 0.6 is 11.6 Å². The minimum atomic E-state index is 0.00677. The molecule has 106 valence electrons. The van der Waals surface area contributed by atoms with Gasteiger partial charge >= 0.3 is 0 Å². The average Bonchev–Trinajstić information content (AvgIpc) is 2.52. The van der Waals surface area contributed by atoms with E-state index in [1.54, 1.807) is 6.07 Å². The van der Waals surface area contributed by atoms with Gasteiger partial charge in [0.25, 0.3) is 0 Å². The van der Waals surface area contributed by atoms with Crippen molar-refractivity contribution >= 4 is 17.5 Å². The Morgan fingerprint density at radius 2 is 1.76 bits per heavy atom. The van der Waals surface area contributed by atoms with E-state index in [1.807, 2.05) is 48.5 Å². The Morgan fingerprint density at radius 3 is 2.52 bits per heavy atom. The molecule has 0 saturated carbocycles. The summed E-state index contributed by atoms with van der Waals surface area (Å²) in [6.07, 6.45) is 1.21. The van der Waals surface area contributed by atoms with Crippen LogP contribution in [0.25, 0.3) is 0 Å². The molecular formula is C18H16ClNO. The van der Waals surface area contributed by atoms with Gasteiger partial charge in [-0.25, -0.2) is 0 Å². The smallest absolute Gasteiger partial charge is 0.221 e. The SMILES string of the molecule is O=C(CCc1ccccc1)NCC#Cc1ccccc1Cl. The molecule has 1 N–H and O–H groups in total. The standard InChI is InChI=1S/C18H16ClNO/c19-17-11-5-4-9-16(17)10-6-14-20-18(21)13-12-15-7-2-1-3-8-15/h1-5,7-9,11H,12-14H2,(H,20,21). The minimum Gasteiger partial charge on any atom is -0.345 e. The molecule has 0 aromatic heterocycles. The number of nitrogens with one attached hydrogen (secondary N) is 1. The highest BCUT2D eigenvalue weighted by Crippen LogP contribution is 2.12. The number of aryl methyl sites for hydroxylation is 1. The number of hydrogen-bond donors (Lipinski definition) is 1. The normalized spacial score (nSPS) is 9.57. The van der Waals surface area contributed by atoms with Crippen molar-refractivity contribution in [2.24, 2.45) is 0 Å². The lowest BCUT2D eigenvalue weighted by Gasteiger charge is -2.01. The van der Waals surface area contributed by atoms with E-state index in [0.29, 0.717) is 18.0 Å². The maximum atomic E-state index is 11.7. The van der Waals surface area contributed by atoms with Crippen LogP contribution in [-0.2, 0) is 11.2 Å². The molecule has 2 rings (SSSR count). The van der Waals surface area contributed by atoms with E-state index >= 15 is 0 Å². The van der Waals surface area contributed by atoms with Gasteiger partial charge in [-0.2, -0.15) is 0 Å². The Balaban J connectivity index is 1.74. The van der Waals surface area contributed by atoms with Crippen molar-refractivity contribution in [3.63, 3.8) is 0 Å². The first kappa shape index (κ1) is 15.2. The van der Waals surface area contributed by atoms with Gasteiger partial charge in [0, 0.05) is 12.0 Å². The molecule has 2 aromatic rings. The molecular weight excluding hydrogens is 282 g/mol. The van der Waals surface area contributed by atoms with Gasteiger partial charge in [-0.05, 0) is 24.1 Å². The fraction of sp³-hybridized carbons (Fsp3) is 0.167. The van der Waals surface area contributed by atoms with Crippen molar-refractivity contribution in [2.45, 2.75) is 12.8 Å². The fourth-order valence-corrected chi connectivity index (χ4v) is 2.02. The molecule has 0 atom stereocenters. The van der Waals surface area contributed by atoms with Gasteiger partial charge in [-0.3, -0.25) is 4.79 Å². The van der Waals surface area contributed by atoms with Crippen LogP contribution in [0.2, 0.25) is 5.02 Å². The lowest BCUT2D eigenvalue weighted by molar-refractivity contribution is -0.120. The molecule has 1 amide bonds. The summed E-state index contributed by atoms with van der Waals surface area (Å²) < 4.78 is 0. The highest BCUT2D eigenvalue weighted by atomic mass is 35.5. The lowest BCUT2D eigenvalue weighted by Crippen LogP contribution is -2.23. The van der Waals surface area contributed by atoms with Gasteiger partial charge < -0.3 is 5.32 Å². The maximum Gasteiger partial charge on any atom is 0.221 e. The molecule has 0 bridgehead atoms.